The first kappa shape index (κ1) is 19.8. The van der Waals surface area contributed by atoms with Crippen LogP contribution in [0.2, 0.25) is 0 Å². The molecule has 154 valence electrons. The Morgan fingerprint density at radius 2 is 1.83 bits per heavy atom. The van der Waals surface area contributed by atoms with Crippen LogP contribution in [0.3, 0.4) is 0 Å². The predicted octanol–water partition coefficient (Wildman–Crippen LogP) is 4.08. The monoisotopic (exact) mass is 409 g/mol. The largest absolute Gasteiger partial charge is 0.339 e. The van der Waals surface area contributed by atoms with E-state index in [-0.39, 0.29) is 24.1 Å². The second-order valence-electron chi connectivity index (χ2n) is 7.69. The summed E-state index contributed by atoms with van der Waals surface area (Å²) < 4.78 is 28.9. The van der Waals surface area contributed by atoms with Gasteiger partial charge in [-0.2, -0.15) is 0 Å². The first-order valence-electron chi connectivity index (χ1n) is 9.40. The minimum absolute atomic E-state index is 0.217. The molecule has 1 aliphatic rings. The number of carbonyl (C=O) groups excluding carboxylic acids is 1. The quantitative estimate of drug-likeness (QED) is 0.681. The average molecular weight is 409 g/mol. The van der Waals surface area contributed by atoms with Gasteiger partial charge < -0.3 is 16.0 Å². The molecule has 4 rings (SSSR count). The van der Waals surface area contributed by atoms with Gasteiger partial charge in [-0.05, 0) is 56.3 Å². The van der Waals surface area contributed by atoms with E-state index in [1.807, 2.05) is 0 Å². The van der Waals surface area contributed by atoms with Gasteiger partial charge in [0.1, 0.15) is 29.0 Å². The Kier molecular flexibility index (Phi) is 4.87. The van der Waals surface area contributed by atoms with E-state index < -0.39 is 5.54 Å². The number of benzene rings is 2. The van der Waals surface area contributed by atoms with Crippen LogP contribution in [0.15, 0.2) is 54.7 Å². The van der Waals surface area contributed by atoms with Gasteiger partial charge in [0.05, 0.1) is 12.1 Å². The van der Waals surface area contributed by atoms with Gasteiger partial charge in [-0.15, -0.1) is 0 Å². The van der Waals surface area contributed by atoms with Gasteiger partial charge >= 0.3 is 0 Å². The molecule has 1 amide bonds. The number of aromatic nitrogens is 2. The first-order chi connectivity index (χ1) is 14.2. The number of anilines is 2. The third-order valence-corrected chi connectivity index (χ3v) is 4.71. The number of nitrogens with two attached hydrogens (primary N) is 1. The molecule has 0 radical (unpaired) electrons. The third-order valence-electron chi connectivity index (χ3n) is 4.71. The van der Waals surface area contributed by atoms with Crippen molar-refractivity contribution in [1.29, 1.82) is 0 Å². The Labute approximate surface area is 172 Å². The van der Waals surface area contributed by atoms with Gasteiger partial charge in [0.2, 0.25) is 5.91 Å². The highest BCUT2D eigenvalue weighted by atomic mass is 19.1. The lowest BCUT2D eigenvalue weighted by Crippen LogP contribution is -2.49. The number of amides is 1. The zero-order chi connectivity index (χ0) is 21.5. The second kappa shape index (κ2) is 7.38. The summed E-state index contributed by atoms with van der Waals surface area (Å²) >= 11 is 0. The molecule has 30 heavy (non-hydrogen) atoms. The van der Waals surface area contributed by atoms with E-state index in [0.717, 1.165) is 0 Å². The van der Waals surface area contributed by atoms with Crippen LogP contribution in [0.4, 0.5) is 20.3 Å². The topological polar surface area (TPSA) is 76.2 Å². The molecule has 1 aromatic heterocycles. The number of carbonyl (C=O) groups is 1. The zero-order valence-electron chi connectivity index (χ0n) is 16.6. The highest BCUT2D eigenvalue weighted by Gasteiger charge is 2.30. The molecule has 0 saturated carbocycles. The van der Waals surface area contributed by atoms with Crippen molar-refractivity contribution in [3.8, 4) is 11.3 Å². The Hall–Kier alpha value is -3.52. The number of rotatable bonds is 4. The van der Waals surface area contributed by atoms with Crippen molar-refractivity contribution in [2.45, 2.75) is 25.9 Å². The number of hydrogen-bond donors (Lipinski definition) is 2. The van der Waals surface area contributed by atoms with Crippen LogP contribution in [0.1, 0.15) is 19.7 Å². The molecule has 0 unspecified atom stereocenters. The van der Waals surface area contributed by atoms with Crippen LogP contribution in [-0.4, -0.2) is 25.9 Å². The van der Waals surface area contributed by atoms with E-state index in [2.05, 4.69) is 10.3 Å². The van der Waals surface area contributed by atoms with Crippen molar-refractivity contribution >= 4 is 23.6 Å². The molecule has 3 N–H and O–H groups in total. The zero-order valence-corrected chi connectivity index (χ0v) is 16.6. The number of nitrogens with one attached hydrogen (secondary N) is 1. The normalized spacial score (nSPS) is 13.3. The van der Waals surface area contributed by atoms with Crippen LogP contribution in [0.5, 0.6) is 0 Å². The maximum absolute atomic E-state index is 13.7. The molecule has 0 aliphatic carbocycles. The average Bonchev–Trinajstić information content (AvgIpc) is 3.05. The van der Waals surface area contributed by atoms with E-state index in [1.54, 1.807) is 55.1 Å². The molecule has 6 nitrogen and oxygen atoms in total. The maximum Gasteiger partial charge on any atom is 0.246 e. The molecule has 0 spiro atoms. The van der Waals surface area contributed by atoms with Gasteiger partial charge in [-0.25, -0.2) is 13.8 Å². The summed E-state index contributed by atoms with van der Waals surface area (Å²) in [5.74, 6) is 0.199. The lowest BCUT2D eigenvalue weighted by atomic mass is 10.1. The molecule has 0 saturated heterocycles. The Bertz CT molecular complexity index is 1130. The number of nitrogens with zero attached hydrogens (tertiary/aromatic N) is 3. The summed E-state index contributed by atoms with van der Waals surface area (Å²) in [7, 11) is 0. The molecule has 3 aromatic rings. The van der Waals surface area contributed by atoms with E-state index in [4.69, 9.17) is 5.73 Å². The first-order valence-corrected chi connectivity index (χ1v) is 9.40. The van der Waals surface area contributed by atoms with Crippen LogP contribution in [0, 0.1) is 11.6 Å². The fourth-order valence-electron chi connectivity index (χ4n) is 3.24. The number of hydrogen-bond acceptors (Lipinski definition) is 4. The van der Waals surface area contributed by atoms with Gasteiger partial charge in [-0.3, -0.25) is 9.36 Å². The summed E-state index contributed by atoms with van der Waals surface area (Å²) in [5, 5.41) is 3.20. The molecular weight excluding hydrogens is 388 g/mol. The van der Waals surface area contributed by atoms with E-state index in [0.29, 0.717) is 28.6 Å². The van der Waals surface area contributed by atoms with E-state index in [9.17, 15) is 13.6 Å². The van der Waals surface area contributed by atoms with Gasteiger partial charge in [0, 0.05) is 23.7 Å². The highest BCUT2D eigenvalue weighted by Crippen LogP contribution is 2.34. The van der Waals surface area contributed by atoms with E-state index in [1.165, 1.54) is 29.2 Å². The highest BCUT2D eigenvalue weighted by molar-refractivity contribution is 5.87. The van der Waals surface area contributed by atoms with Crippen molar-refractivity contribution in [1.82, 2.24) is 14.5 Å². The fourth-order valence-corrected chi connectivity index (χ4v) is 3.24. The fraction of sp³-hybridized carbons (Fsp3) is 0.182. The predicted molar refractivity (Wildman–Crippen MR) is 111 cm³/mol. The molecule has 2 heterocycles. The smallest absolute Gasteiger partial charge is 0.246 e. The molecule has 0 bridgehead atoms. The lowest BCUT2D eigenvalue weighted by molar-refractivity contribution is -0.133. The third kappa shape index (κ3) is 3.81. The van der Waals surface area contributed by atoms with Crippen LogP contribution in [0.25, 0.3) is 17.5 Å². The van der Waals surface area contributed by atoms with Gasteiger partial charge in [-0.1, -0.05) is 6.07 Å². The molecule has 0 fully saturated rings. The summed E-state index contributed by atoms with van der Waals surface area (Å²) in [5.41, 5.74) is 6.70. The molecule has 1 aliphatic heterocycles. The minimum Gasteiger partial charge on any atom is -0.339 e. The van der Waals surface area contributed by atoms with E-state index >= 15 is 0 Å². The van der Waals surface area contributed by atoms with Crippen LogP contribution < -0.4 is 11.1 Å². The van der Waals surface area contributed by atoms with Gasteiger partial charge in [0.25, 0.3) is 0 Å². The Morgan fingerprint density at radius 3 is 2.50 bits per heavy atom. The summed E-state index contributed by atoms with van der Waals surface area (Å²) in [4.78, 5) is 18.8. The minimum atomic E-state index is -1.03. The molecule has 8 heteroatoms. The SMILES string of the molecule is CC(C)(N)C(=O)N1C=Cn2c(nc(-c3ccc(F)cc3)c2Nc2cccc(F)c2)C1. The van der Waals surface area contributed by atoms with Crippen molar-refractivity contribution in [3.63, 3.8) is 0 Å². The van der Waals surface area contributed by atoms with Crippen LogP contribution in [-0.2, 0) is 11.3 Å². The Morgan fingerprint density at radius 1 is 1.10 bits per heavy atom. The number of imidazole rings is 1. The number of fused-ring (bicyclic) bond motifs is 1. The summed E-state index contributed by atoms with van der Waals surface area (Å²) in [6.07, 6.45) is 3.33. The van der Waals surface area contributed by atoms with Crippen molar-refractivity contribution in [3.05, 3.63) is 72.2 Å². The van der Waals surface area contributed by atoms with Crippen molar-refractivity contribution < 1.29 is 13.6 Å². The molecule has 2 aromatic carbocycles. The number of halogens is 2. The maximum atomic E-state index is 13.7. The van der Waals surface area contributed by atoms with Crippen LogP contribution >= 0.6 is 0 Å². The molecule has 0 atom stereocenters. The Balaban J connectivity index is 1.78. The molecular formula is C22H21F2N5O. The second-order valence-corrected chi connectivity index (χ2v) is 7.69. The lowest BCUT2D eigenvalue weighted by Gasteiger charge is -2.28. The summed E-state index contributed by atoms with van der Waals surface area (Å²) in [6, 6.07) is 12.0. The van der Waals surface area contributed by atoms with Crippen molar-refractivity contribution in [2.75, 3.05) is 5.32 Å². The summed E-state index contributed by atoms with van der Waals surface area (Å²) in [6.45, 7) is 3.51. The standard InChI is InChI=1S/C22H21F2N5O/c1-22(2,25)21(30)28-10-11-29-18(13-28)27-19(14-6-8-15(23)9-7-14)20(29)26-17-5-3-4-16(24)12-17/h3-12,26H,13,25H2,1-2H3. The van der Waals surface area contributed by atoms with Crippen molar-refractivity contribution in [2.24, 2.45) is 5.73 Å². The van der Waals surface area contributed by atoms with Gasteiger partial charge in [0.15, 0.2) is 0 Å².